The molecule has 0 atom stereocenters. The van der Waals surface area contributed by atoms with Crippen molar-refractivity contribution in [3.63, 3.8) is 0 Å². The molecular weight excluding hydrogens is 441 g/mol. The van der Waals surface area contributed by atoms with Gasteiger partial charge in [-0.3, -0.25) is 0 Å². The van der Waals surface area contributed by atoms with Crippen LogP contribution in [0.25, 0.3) is 0 Å². The van der Waals surface area contributed by atoms with Gasteiger partial charge in [-0.05, 0) is 0 Å². The zero-order chi connectivity index (χ0) is 16.7. The van der Waals surface area contributed by atoms with Crippen molar-refractivity contribution in [2.24, 2.45) is 0 Å². The first-order valence-corrected chi connectivity index (χ1v) is 13.6. The molecule has 0 spiro atoms. The molecule has 123 valence electrons. The van der Waals surface area contributed by atoms with Crippen molar-refractivity contribution in [3.05, 3.63) is 0 Å². The Kier molecular flexibility index (Phi) is 8.17. The summed E-state index contributed by atoms with van der Waals surface area (Å²) < 4.78 is 11.9. The Labute approximate surface area is 131 Å². The van der Waals surface area contributed by atoms with Gasteiger partial charge in [-0.15, -0.1) is 0 Å². The summed E-state index contributed by atoms with van der Waals surface area (Å²) in [5.74, 6) is -0.589. The second-order valence-electron chi connectivity index (χ2n) is 5.70. The third-order valence-corrected chi connectivity index (χ3v) is 12.3. The van der Waals surface area contributed by atoms with E-state index in [1.807, 2.05) is 20.8 Å². The van der Waals surface area contributed by atoms with Crippen LogP contribution in [-0.2, 0) is 32.6 Å². The van der Waals surface area contributed by atoms with Gasteiger partial charge in [0.2, 0.25) is 0 Å². The minimum atomic E-state index is -4.19. The van der Waals surface area contributed by atoms with Gasteiger partial charge in [0, 0.05) is 0 Å². The Morgan fingerprint density at radius 1 is 0.762 bits per heavy atom. The second-order valence-corrected chi connectivity index (χ2v) is 13.7. The summed E-state index contributed by atoms with van der Waals surface area (Å²) >= 11 is -4.19. The number of nitrogens with one attached hydrogen (secondary N) is 4. The van der Waals surface area contributed by atoms with Crippen LogP contribution in [0, 0.1) is 0 Å². The van der Waals surface area contributed by atoms with Gasteiger partial charge in [0.1, 0.15) is 0 Å². The molecule has 0 aliphatic heterocycles. The summed E-state index contributed by atoms with van der Waals surface area (Å²) in [6, 6.07) is 0. The van der Waals surface area contributed by atoms with E-state index in [1.54, 1.807) is 20.8 Å². The molecule has 4 N–H and O–H groups in total. The van der Waals surface area contributed by atoms with Crippen LogP contribution in [0.1, 0.15) is 60.8 Å². The fourth-order valence-electron chi connectivity index (χ4n) is 1.47. The third kappa shape index (κ3) is 8.21. The van der Waals surface area contributed by atoms with Crippen LogP contribution in [0.3, 0.4) is 0 Å². The molecule has 0 heterocycles. The predicted octanol–water partition coefficient (Wildman–Crippen LogP) is 0.767. The van der Waals surface area contributed by atoms with Crippen molar-refractivity contribution in [2.45, 2.75) is 66.3 Å². The minimum absolute atomic E-state index is 0.196. The van der Waals surface area contributed by atoms with Crippen molar-refractivity contribution in [1.82, 2.24) is 14.9 Å². The van der Waals surface area contributed by atoms with E-state index >= 15 is 0 Å². The zero-order valence-electron chi connectivity index (χ0n) is 13.8. The summed E-state index contributed by atoms with van der Waals surface area (Å²) in [5.41, 5.74) is -0.360. The van der Waals surface area contributed by atoms with Crippen molar-refractivity contribution in [2.75, 3.05) is 0 Å². The van der Waals surface area contributed by atoms with Crippen molar-refractivity contribution >= 4 is 17.7 Å². The summed E-state index contributed by atoms with van der Waals surface area (Å²) in [5, 5.41) is 0. The van der Waals surface area contributed by atoms with E-state index in [0.29, 0.717) is 0 Å². The molecule has 0 aromatic rings. The number of amides is 3. The molecule has 7 nitrogen and oxygen atoms in total. The number of rotatable bonds is 7. The first-order valence-electron chi connectivity index (χ1n) is 7.19. The monoisotopic (exact) mass is 469 g/mol. The maximum atomic E-state index is 11.9. The molecule has 8 heteroatoms. The van der Waals surface area contributed by atoms with Crippen molar-refractivity contribution in [1.29, 1.82) is 0 Å². The van der Waals surface area contributed by atoms with E-state index in [-0.39, 0.29) is 42.5 Å². The average Bonchev–Trinajstić information content (AvgIpc) is 2.35. The first-order chi connectivity index (χ1) is 9.57. The molecule has 0 aliphatic rings. The normalized spacial score (nSPS) is 11.7. The quantitative estimate of drug-likeness (QED) is 0.443. The topological polar surface area (TPSA) is 99.3 Å². The number of carbonyl (C=O) groups excluding carboxylic acids is 3. The van der Waals surface area contributed by atoms with E-state index in [4.69, 9.17) is 0 Å². The van der Waals surface area contributed by atoms with Crippen LogP contribution in [0.5, 0.6) is 0 Å². The fraction of sp³-hybridized carbons (Fsp3) is 0.769. The van der Waals surface area contributed by atoms with Gasteiger partial charge in [-0.25, -0.2) is 0 Å². The molecule has 0 saturated carbocycles. The van der Waals surface area contributed by atoms with Gasteiger partial charge in [0.25, 0.3) is 0 Å². The second kappa shape index (κ2) is 8.53. The van der Waals surface area contributed by atoms with Crippen LogP contribution >= 0.6 is 0 Å². The van der Waals surface area contributed by atoms with E-state index in [2.05, 4.69) is 14.9 Å². The molecular formula is C13H28N4O3Ta. The molecule has 21 heavy (non-hydrogen) atoms. The van der Waals surface area contributed by atoms with Gasteiger partial charge in [0.05, 0.1) is 0 Å². The van der Waals surface area contributed by atoms with Gasteiger partial charge < -0.3 is 0 Å². The number of hydrogen-bond acceptors (Lipinski definition) is 4. The molecule has 0 fully saturated rings. The fourth-order valence-corrected chi connectivity index (χ4v) is 12.0. The van der Waals surface area contributed by atoms with E-state index in [9.17, 15) is 14.4 Å². The maximum absolute atomic E-state index is 11.9. The predicted molar refractivity (Wildman–Crippen MR) is 78.2 cm³/mol. The first kappa shape index (κ1) is 20.1. The van der Waals surface area contributed by atoms with Crippen LogP contribution in [0.4, 0.5) is 0 Å². The third-order valence-electron chi connectivity index (χ3n) is 2.34. The van der Waals surface area contributed by atoms with Crippen LogP contribution in [-0.4, -0.2) is 23.3 Å². The standard InChI is InChI=1S/C4H10N.3C3H7NO.Ta/c1-4(2,3)5;3*1-2-3(4)5;/h5H,1-3H3;3*2H2,1H3,(H2,4,5);/q-1;;;;+4/p-3. The van der Waals surface area contributed by atoms with Gasteiger partial charge in [-0.1, -0.05) is 0 Å². The molecule has 3 amide bonds. The Bertz CT molecular complexity index is 348. The van der Waals surface area contributed by atoms with E-state index < -0.39 is 18.2 Å². The molecule has 0 unspecified atom stereocenters. The average molecular weight is 469 g/mol. The van der Waals surface area contributed by atoms with Gasteiger partial charge in [0.15, 0.2) is 0 Å². The van der Waals surface area contributed by atoms with Crippen LogP contribution in [0.2, 0.25) is 0 Å². The molecule has 0 radical (unpaired) electrons. The van der Waals surface area contributed by atoms with Crippen LogP contribution < -0.4 is 14.9 Å². The summed E-state index contributed by atoms with van der Waals surface area (Å²) in [6.45, 7) is 11.0. The molecule has 0 aromatic carbocycles. The molecule has 0 aliphatic carbocycles. The summed E-state index contributed by atoms with van der Waals surface area (Å²) in [6.07, 6.45) is 0.863. The molecule has 0 saturated heterocycles. The zero-order valence-corrected chi connectivity index (χ0v) is 17.0. The Morgan fingerprint density at radius 3 is 1.24 bits per heavy atom. The van der Waals surface area contributed by atoms with Gasteiger partial charge >= 0.3 is 132 Å². The van der Waals surface area contributed by atoms with E-state index in [0.717, 1.165) is 0 Å². The van der Waals surface area contributed by atoms with Crippen molar-refractivity contribution < 1.29 is 32.6 Å². The Morgan fingerprint density at radius 2 is 1.05 bits per heavy atom. The number of carbonyl (C=O) groups is 3. The Balaban J connectivity index is 5.50. The van der Waals surface area contributed by atoms with Crippen LogP contribution in [0.15, 0.2) is 0 Å². The molecule has 0 aromatic heterocycles. The SMILES string of the molecule is CCC(=O)[NH][Ta]([NH]C(=O)CC)([NH]C(=O)CC)[NH]C(C)(C)C. The van der Waals surface area contributed by atoms with Gasteiger partial charge in [-0.2, -0.15) is 0 Å². The Hall–Kier alpha value is -0.890. The number of hydrogen-bond donors (Lipinski definition) is 4. The van der Waals surface area contributed by atoms with E-state index in [1.165, 1.54) is 0 Å². The summed E-state index contributed by atoms with van der Waals surface area (Å²) in [4.78, 5) is 35.6. The molecule has 0 rings (SSSR count). The molecule has 0 bridgehead atoms. The summed E-state index contributed by atoms with van der Waals surface area (Å²) in [7, 11) is 0. The van der Waals surface area contributed by atoms with Crippen molar-refractivity contribution in [3.8, 4) is 0 Å².